The fraction of sp³-hybridized carbons (Fsp3) is 0.556. The third kappa shape index (κ3) is 6.36. The Kier molecular flexibility index (Phi) is 7.69. The number of ether oxygens (including phenoxy) is 3. The highest BCUT2D eigenvalue weighted by Gasteiger charge is 2.30. The first-order valence-electron chi connectivity index (χ1n) is 8.46. The van der Waals surface area contributed by atoms with E-state index in [9.17, 15) is 9.59 Å². The zero-order valence-electron chi connectivity index (χ0n) is 14.1. The summed E-state index contributed by atoms with van der Waals surface area (Å²) in [5.74, 6) is -0.611. The molecule has 1 aromatic carbocycles. The van der Waals surface area contributed by atoms with Gasteiger partial charge in [-0.15, -0.1) is 0 Å². The number of aliphatic carboxylic acids is 1. The topological polar surface area (TPSA) is 102 Å². The minimum atomic E-state index is -0.788. The molecule has 2 N–H and O–H groups in total. The Morgan fingerprint density at radius 2 is 1.52 bits per heavy atom. The van der Waals surface area contributed by atoms with Crippen molar-refractivity contribution in [1.82, 2.24) is 0 Å². The van der Waals surface area contributed by atoms with E-state index < -0.39 is 5.97 Å². The van der Waals surface area contributed by atoms with E-state index in [1.165, 1.54) is 0 Å². The summed E-state index contributed by atoms with van der Waals surface area (Å²) in [6.07, 6.45) is 2.12. The highest BCUT2D eigenvalue weighted by molar-refractivity contribution is 5.76. The number of aliphatic hydroxyl groups excluding tert-OH is 1. The number of carboxylic acid groups (broad SMARTS) is 1. The molecule has 138 valence electrons. The monoisotopic (exact) mass is 352 g/mol. The van der Waals surface area contributed by atoms with Gasteiger partial charge in [-0.3, -0.25) is 9.59 Å². The molecular formula is C18H24O7. The number of benzene rings is 1. The van der Waals surface area contributed by atoms with Gasteiger partial charge in [0.15, 0.2) is 0 Å². The maximum Gasteiger partial charge on any atom is 0.314 e. The van der Waals surface area contributed by atoms with Crippen molar-refractivity contribution in [2.45, 2.75) is 25.7 Å². The molecule has 0 radical (unpaired) electrons. The summed E-state index contributed by atoms with van der Waals surface area (Å²) >= 11 is 0. The van der Waals surface area contributed by atoms with Crippen molar-refractivity contribution < 1.29 is 34.0 Å². The Labute approximate surface area is 146 Å². The van der Waals surface area contributed by atoms with Gasteiger partial charge in [0.25, 0.3) is 0 Å². The van der Waals surface area contributed by atoms with Gasteiger partial charge >= 0.3 is 11.9 Å². The average molecular weight is 352 g/mol. The van der Waals surface area contributed by atoms with E-state index in [4.69, 9.17) is 24.4 Å². The first kappa shape index (κ1) is 19.2. The number of hydrogen-bond acceptors (Lipinski definition) is 6. The molecule has 0 heterocycles. The fourth-order valence-corrected chi connectivity index (χ4v) is 2.76. The van der Waals surface area contributed by atoms with E-state index in [0.29, 0.717) is 50.4 Å². The second-order valence-electron chi connectivity index (χ2n) is 5.96. The predicted molar refractivity (Wildman–Crippen MR) is 88.6 cm³/mol. The zero-order valence-corrected chi connectivity index (χ0v) is 14.1. The summed E-state index contributed by atoms with van der Waals surface area (Å²) < 4.78 is 15.9. The van der Waals surface area contributed by atoms with Crippen LogP contribution in [0.5, 0.6) is 11.5 Å². The molecule has 2 rings (SSSR count). The van der Waals surface area contributed by atoms with Crippen LogP contribution in [-0.4, -0.2) is 48.6 Å². The predicted octanol–water partition coefficient (Wildman–Crippen LogP) is 1.87. The van der Waals surface area contributed by atoms with Gasteiger partial charge in [0, 0.05) is 0 Å². The number of carbonyl (C=O) groups excluding carboxylic acids is 1. The first-order valence-corrected chi connectivity index (χ1v) is 8.46. The lowest BCUT2D eigenvalue weighted by molar-refractivity contribution is -0.146. The summed E-state index contributed by atoms with van der Waals surface area (Å²) in [6, 6.07) is 6.72. The molecule has 1 saturated carbocycles. The van der Waals surface area contributed by atoms with Crippen LogP contribution >= 0.6 is 0 Å². The van der Waals surface area contributed by atoms with E-state index in [1.807, 2.05) is 0 Å². The zero-order chi connectivity index (χ0) is 18.1. The van der Waals surface area contributed by atoms with Crippen LogP contribution in [0.2, 0.25) is 0 Å². The smallest absolute Gasteiger partial charge is 0.314 e. The number of rotatable bonds is 9. The van der Waals surface area contributed by atoms with Gasteiger partial charge in [0.05, 0.1) is 31.7 Å². The van der Waals surface area contributed by atoms with Gasteiger partial charge in [-0.1, -0.05) is 0 Å². The summed E-state index contributed by atoms with van der Waals surface area (Å²) in [7, 11) is 0. The van der Waals surface area contributed by atoms with Gasteiger partial charge in [-0.2, -0.15) is 0 Å². The second kappa shape index (κ2) is 10.0. The van der Waals surface area contributed by atoms with Crippen LogP contribution in [0.15, 0.2) is 24.3 Å². The van der Waals surface area contributed by atoms with Crippen molar-refractivity contribution in [2.24, 2.45) is 11.8 Å². The third-order valence-electron chi connectivity index (χ3n) is 4.18. The SMILES string of the molecule is O=C(O)C1CCC(C(=O)Oc2ccc(OCCOCCO)cc2)CC1. The maximum atomic E-state index is 12.2. The van der Waals surface area contributed by atoms with E-state index >= 15 is 0 Å². The van der Waals surface area contributed by atoms with Crippen molar-refractivity contribution in [2.75, 3.05) is 26.4 Å². The van der Waals surface area contributed by atoms with E-state index in [2.05, 4.69) is 0 Å². The molecule has 0 aromatic heterocycles. The van der Waals surface area contributed by atoms with E-state index in [0.717, 1.165) is 0 Å². The Morgan fingerprint density at radius 3 is 2.12 bits per heavy atom. The van der Waals surface area contributed by atoms with Gasteiger partial charge in [-0.05, 0) is 49.9 Å². The summed E-state index contributed by atoms with van der Waals surface area (Å²) in [4.78, 5) is 23.1. The van der Waals surface area contributed by atoms with Crippen LogP contribution in [0.3, 0.4) is 0 Å². The first-order chi connectivity index (χ1) is 12.1. The molecule has 7 heteroatoms. The number of carboxylic acids is 1. The molecule has 0 spiro atoms. The summed E-state index contributed by atoms with van der Waals surface area (Å²) in [5, 5.41) is 17.6. The normalized spacial score (nSPS) is 20.0. The van der Waals surface area contributed by atoms with Gasteiger partial charge in [0.2, 0.25) is 0 Å². The fourth-order valence-electron chi connectivity index (χ4n) is 2.76. The van der Waals surface area contributed by atoms with Crippen LogP contribution in [0.4, 0.5) is 0 Å². The molecule has 1 aromatic rings. The molecule has 1 aliphatic carbocycles. The number of aliphatic hydroxyl groups is 1. The lowest BCUT2D eigenvalue weighted by atomic mass is 9.82. The van der Waals surface area contributed by atoms with Crippen LogP contribution in [0, 0.1) is 11.8 Å². The number of hydrogen-bond donors (Lipinski definition) is 2. The molecule has 0 aliphatic heterocycles. The lowest BCUT2D eigenvalue weighted by Gasteiger charge is -2.24. The van der Waals surface area contributed by atoms with Crippen molar-refractivity contribution in [3.8, 4) is 11.5 Å². The molecule has 0 amide bonds. The molecule has 0 unspecified atom stereocenters. The third-order valence-corrected chi connectivity index (χ3v) is 4.18. The second-order valence-corrected chi connectivity index (χ2v) is 5.96. The Hall–Kier alpha value is -2.12. The molecular weight excluding hydrogens is 328 g/mol. The van der Waals surface area contributed by atoms with E-state index in [1.54, 1.807) is 24.3 Å². The summed E-state index contributed by atoms with van der Waals surface area (Å²) in [6.45, 7) is 1.02. The molecule has 1 aliphatic rings. The Balaban J connectivity index is 1.73. The molecule has 0 saturated heterocycles. The van der Waals surface area contributed by atoms with Gasteiger partial charge < -0.3 is 24.4 Å². The number of esters is 1. The minimum absolute atomic E-state index is 0.0159. The molecule has 1 fully saturated rings. The summed E-state index contributed by atoms with van der Waals surface area (Å²) in [5.41, 5.74) is 0. The van der Waals surface area contributed by atoms with Crippen LogP contribution in [0.25, 0.3) is 0 Å². The highest BCUT2D eigenvalue weighted by atomic mass is 16.5. The quantitative estimate of drug-likeness (QED) is 0.397. The Bertz CT molecular complexity index is 547. The van der Waals surface area contributed by atoms with Crippen molar-refractivity contribution in [1.29, 1.82) is 0 Å². The van der Waals surface area contributed by atoms with E-state index in [-0.39, 0.29) is 31.0 Å². The van der Waals surface area contributed by atoms with Crippen LogP contribution < -0.4 is 9.47 Å². The molecule has 25 heavy (non-hydrogen) atoms. The highest BCUT2D eigenvalue weighted by Crippen LogP contribution is 2.30. The molecule has 7 nitrogen and oxygen atoms in total. The standard InChI is InChI=1S/C18H24O7/c19-9-10-23-11-12-24-15-5-7-16(8-6-15)25-18(22)14-3-1-13(2-4-14)17(20)21/h5-8,13-14,19H,1-4,9-12H2,(H,20,21). The van der Waals surface area contributed by atoms with Gasteiger partial charge in [0.1, 0.15) is 18.1 Å². The van der Waals surface area contributed by atoms with Crippen LogP contribution in [0.1, 0.15) is 25.7 Å². The molecule has 0 atom stereocenters. The van der Waals surface area contributed by atoms with Gasteiger partial charge in [-0.25, -0.2) is 0 Å². The van der Waals surface area contributed by atoms with Crippen LogP contribution in [-0.2, 0) is 14.3 Å². The average Bonchev–Trinajstić information content (AvgIpc) is 2.63. The molecule has 0 bridgehead atoms. The lowest BCUT2D eigenvalue weighted by Crippen LogP contribution is -2.28. The minimum Gasteiger partial charge on any atom is -0.491 e. The maximum absolute atomic E-state index is 12.2. The number of carbonyl (C=O) groups is 2. The largest absolute Gasteiger partial charge is 0.491 e. The van der Waals surface area contributed by atoms with Crippen molar-refractivity contribution in [3.05, 3.63) is 24.3 Å². The van der Waals surface area contributed by atoms with Crippen molar-refractivity contribution >= 4 is 11.9 Å². The Morgan fingerprint density at radius 1 is 0.920 bits per heavy atom. The van der Waals surface area contributed by atoms with Crippen molar-refractivity contribution in [3.63, 3.8) is 0 Å².